The predicted octanol–water partition coefficient (Wildman–Crippen LogP) is 6.37. The van der Waals surface area contributed by atoms with E-state index in [9.17, 15) is 9.59 Å². The van der Waals surface area contributed by atoms with E-state index in [1.54, 1.807) is 19.2 Å². The summed E-state index contributed by atoms with van der Waals surface area (Å²) in [7, 11) is 1.63. The van der Waals surface area contributed by atoms with Crippen molar-refractivity contribution < 1.29 is 33.6 Å². The number of benzene rings is 4. The van der Waals surface area contributed by atoms with Crippen LogP contribution in [0.4, 0.5) is 0 Å². The first kappa shape index (κ1) is 37.1. The molecule has 1 aliphatic rings. The Morgan fingerprint density at radius 1 is 0.863 bits per heavy atom. The molecular weight excluding hydrogens is 646 g/mol. The van der Waals surface area contributed by atoms with E-state index in [1.807, 2.05) is 112 Å². The number of nitrogens with one attached hydrogen (secondary N) is 2. The number of esters is 1. The third-order valence-electron chi connectivity index (χ3n) is 8.38. The Bertz CT molecular complexity index is 1750. The van der Waals surface area contributed by atoms with Crippen LogP contribution in [0.3, 0.4) is 0 Å². The van der Waals surface area contributed by atoms with E-state index >= 15 is 0 Å². The van der Waals surface area contributed by atoms with Gasteiger partial charge in [0, 0.05) is 31.6 Å². The smallest absolute Gasteiger partial charge is 0.306 e. The van der Waals surface area contributed by atoms with E-state index in [2.05, 4.69) is 10.9 Å². The van der Waals surface area contributed by atoms with Crippen molar-refractivity contribution in [3.05, 3.63) is 120 Å². The lowest BCUT2D eigenvalue weighted by Gasteiger charge is -2.31. The first-order valence-electron chi connectivity index (χ1n) is 17.2. The second kappa shape index (κ2) is 17.2. The maximum Gasteiger partial charge on any atom is 0.306 e. The van der Waals surface area contributed by atoms with Gasteiger partial charge in [-0.25, -0.2) is 10.4 Å². The summed E-state index contributed by atoms with van der Waals surface area (Å²) in [6, 6.07) is 32.9. The van der Waals surface area contributed by atoms with Crippen LogP contribution in [0.25, 0.3) is 11.1 Å². The van der Waals surface area contributed by atoms with Crippen molar-refractivity contribution >= 4 is 17.8 Å². The predicted molar refractivity (Wildman–Crippen MR) is 197 cm³/mol. The SMILES string of the molecule is COc1ccc(CCNNC(=O)[C@@]2(CCC(=O)OC(C)(C)C)N=C(c3ccc(OCCCO)cc3)O[C@H]2c2ccc(-c3ccccc3)cc2)cc1. The second-order valence-electron chi connectivity index (χ2n) is 13.3. The van der Waals surface area contributed by atoms with Gasteiger partial charge in [-0.2, -0.15) is 0 Å². The molecule has 268 valence electrons. The van der Waals surface area contributed by atoms with Crippen LogP contribution < -0.4 is 20.3 Å². The third-order valence-corrected chi connectivity index (χ3v) is 8.38. The fourth-order valence-corrected chi connectivity index (χ4v) is 5.79. The van der Waals surface area contributed by atoms with E-state index in [0.29, 0.717) is 37.3 Å². The van der Waals surface area contributed by atoms with E-state index in [0.717, 1.165) is 28.0 Å². The molecule has 1 heterocycles. The standard InChI is InChI=1S/C41H47N3O7/c1-40(2,3)51-36(46)23-25-41(39(47)44-42-26-24-29-11-19-34(48-4)20-12-29)37(32-15-13-31(14-16-32)30-9-6-5-7-10-30)50-38(43-41)33-17-21-35(22-18-33)49-28-8-27-45/h5-7,9-22,37,42,45H,8,23-28H2,1-4H3,(H,44,47)/t37-,41-/m0/s1. The molecule has 0 aliphatic carbocycles. The number of carbonyl (C=O) groups is 2. The van der Waals surface area contributed by atoms with E-state index in [1.165, 1.54) is 0 Å². The molecule has 3 N–H and O–H groups in total. The fourth-order valence-electron chi connectivity index (χ4n) is 5.79. The lowest BCUT2D eigenvalue weighted by Crippen LogP contribution is -2.53. The number of carbonyl (C=O) groups excluding carboxylic acids is 2. The number of hydrogen-bond acceptors (Lipinski definition) is 9. The molecule has 2 atom stereocenters. The van der Waals surface area contributed by atoms with Crippen LogP contribution in [0.1, 0.15) is 62.8 Å². The van der Waals surface area contributed by atoms with Gasteiger partial charge in [-0.05, 0) is 92.3 Å². The van der Waals surface area contributed by atoms with Crippen molar-refractivity contribution in [1.29, 1.82) is 0 Å². The van der Waals surface area contributed by atoms with Crippen LogP contribution in [-0.4, -0.2) is 60.9 Å². The van der Waals surface area contributed by atoms with E-state index in [4.69, 9.17) is 29.0 Å². The van der Waals surface area contributed by atoms with Crippen LogP contribution in [0, 0.1) is 0 Å². The number of ether oxygens (including phenoxy) is 4. The van der Waals surface area contributed by atoms with Gasteiger partial charge in [0.15, 0.2) is 11.6 Å². The van der Waals surface area contributed by atoms with Crippen LogP contribution in [0.5, 0.6) is 11.5 Å². The zero-order valence-corrected chi connectivity index (χ0v) is 29.7. The van der Waals surface area contributed by atoms with Crippen molar-refractivity contribution in [1.82, 2.24) is 10.9 Å². The number of aliphatic hydroxyl groups excluding tert-OH is 1. The largest absolute Gasteiger partial charge is 0.497 e. The summed E-state index contributed by atoms with van der Waals surface area (Å²) in [6.07, 6.45) is 0.282. The zero-order valence-electron chi connectivity index (χ0n) is 29.7. The number of methoxy groups -OCH3 is 1. The van der Waals surface area contributed by atoms with Gasteiger partial charge in [-0.15, -0.1) is 0 Å². The van der Waals surface area contributed by atoms with Gasteiger partial charge in [0.25, 0.3) is 5.91 Å². The normalized spacial score (nSPS) is 16.9. The summed E-state index contributed by atoms with van der Waals surface area (Å²) in [5.74, 6) is 0.805. The Labute approximate surface area is 299 Å². The molecule has 0 unspecified atom stereocenters. The van der Waals surface area contributed by atoms with Crippen molar-refractivity contribution in [2.75, 3.05) is 26.9 Å². The highest BCUT2D eigenvalue weighted by Gasteiger charge is 2.53. The lowest BCUT2D eigenvalue weighted by molar-refractivity contribution is -0.155. The molecule has 4 aromatic rings. The molecular formula is C41H47N3O7. The summed E-state index contributed by atoms with van der Waals surface area (Å²) in [4.78, 5) is 32.5. The molecule has 0 radical (unpaired) electrons. The van der Waals surface area contributed by atoms with Crippen LogP contribution in [0.2, 0.25) is 0 Å². The number of nitrogens with zero attached hydrogens (tertiary/aromatic N) is 1. The zero-order chi connectivity index (χ0) is 36.3. The molecule has 51 heavy (non-hydrogen) atoms. The highest BCUT2D eigenvalue weighted by atomic mass is 16.6. The molecule has 0 bridgehead atoms. The van der Waals surface area contributed by atoms with Crippen LogP contribution in [-0.2, 0) is 25.5 Å². The monoisotopic (exact) mass is 693 g/mol. The minimum absolute atomic E-state index is 0.0326. The first-order chi connectivity index (χ1) is 24.6. The summed E-state index contributed by atoms with van der Waals surface area (Å²) < 4.78 is 23.2. The number of hydrazine groups is 1. The average molecular weight is 694 g/mol. The molecule has 0 spiro atoms. The summed E-state index contributed by atoms with van der Waals surface area (Å²) in [5, 5.41) is 9.11. The van der Waals surface area contributed by atoms with Crippen molar-refractivity contribution in [3.63, 3.8) is 0 Å². The number of aliphatic imine (C=N–C) groups is 1. The molecule has 1 aliphatic heterocycles. The number of hydrogen-bond donors (Lipinski definition) is 3. The number of aliphatic hydroxyl groups is 1. The molecule has 4 aromatic carbocycles. The lowest BCUT2D eigenvalue weighted by atomic mass is 9.83. The Balaban J connectivity index is 1.46. The molecule has 0 saturated heterocycles. The maximum absolute atomic E-state index is 14.4. The molecule has 10 nitrogen and oxygen atoms in total. The maximum atomic E-state index is 14.4. The molecule has 0 fully saturated rings. The van der Waals surface area contributed by atoms with Crippen LogP contribution in [0.15, 0.2) is 108 Å². The summed E-state index contributed by atoms with van der Waals surface area (Å²) in [6.45, 7) is 6.30. The first-order valence-corrected chi connectivity index (χ1v) is 17.2. The Morgan fingerprint density at radius 3 is 2.16 bits per heavy atom. The van der Waals surface area contributed by atoms with Gasteiger partial charge >= 0.3 is 5.97 Å². The Kier molecular flexibility index (Phi) is 12.5. The van der Waals surface area contributed by atoms with Crippen LogP contribution >= 0.6 is 0 Å². The summed E-state index contributed by atoms with van der Waals surface area (Å²) >= 11 is 0. The minimum atomic E-state index is -1.52. The number of amides is 1. The Hall–Kier alpha value is -5.19. The minimum Gasteiger partial charge on any atom is -0.497 e. The van der Waals surface area contributed by atoms with Gasteiger partial charge in [0.2, 0.25) is 5.90 Å². The Morgan fingerprint density at radius 2 is 1.51 bits per heavy atom. The highest BCUT2D eigenvalue weighted by Crippen LogP contribution is 2.44. The van der Waals surface area contributed by atoms with E-state index in [-0.39, 0.29) is 25.3 Å². The van der Waals surface area contributed by atoms with Gasteiger partial charge in [0.1, 0.15) is 17.1 Å². The van der Waals surface area contributed by atoms with Crippen molar-refractivity contribution in [3.8, 4) is 22.6 Å². The van der Waals surface area contributed by atoms with Crippen molar-refractivity contribution in [2.24, 2.45) is 4.99 Å². The fraction of sp³-hybridized carbons (Fsp3) is 0.341. The second-order valence-corrected chi connectivity index (χ2v) is 13.3. The van der Waals surface area contributed by atoms with Gasteiger partial charge < -0.3 is 24.1 Å². The summed E-state index contributed by atoms with van der Waals surface area (Å²) in [5.41, 5.74) is 8.27. The molecule has 5 rings (SSSR count). The molecule has 0 saturated carbocycles. The molecule has 0 aromatic heterocycles. The molecule has 1 amide bonds. The van der Waals surface area contributed by atoms with Gasteiger partial charge in [-0.1, -0.05) is 66.7 Å². The third kappa shape index (κ3) is 9.96. The average Bonchev–Trinajstić information content (AvgIpc) is 3.54. The van der Waals surface area contributed by atoms with Gasteiger partial charge in [-0.3, -0.25) is 15.0 Å². The topological polar surface area (TPSA) is 128 Å². The molecule has 10 heteroatoms. The van der Waals surface area contributed by atoms with E-state index < -0.39 is 29.1 Å². The quantitative estimate of drug-likeness (QED) is 0.0703. The van der Waals surface area contributed by atoms with Gasteiger partial charge in [0.05, 0.1) is 13.7 Å². The highest BCUT2D eigenvalue weighted by molar-refractivity contribution is 6.01. The van der Waals surface area contributed by atoms with Crippen molar-refractivity contribution in [2.45, 2.75) is 63.7 Å². The number of rotatable bonds is 16.